The van der Waals surface area contributed by atoms with Crippen LogP contribution in [-0.4, -0.2) is 55.1 Å². The molecular formula is C17H29NO4. The maximum Gasteiger partial charge on any atom is 0.409 e. The minimum atomic E-state index is -0.285. The van der Waals surface area contributed by atoms with Crippen LogP contribution in [0.25, 0.3) is 0 Å². The Morgan fingerprint density at radius 1 is 0.955 bits per heavy atom. The molecule has 0 aromatic carbocycles. The fourth-order valence-electron chi connectivity index (χ4n) is 1.12. The molecule has 0 saturated carbocycles. The van der Waals surface area contributed by atoms with Crippen molar-refractivity contribution in [1.82, 2.24) is 4.90 Å². The average Bonchev–Trinajstić information content (AvgIpc) is 2.50. The first-order chi connectivity index (χ1) is 10.6. The number of carbonyl (C=O) groups excluding carboxylic acids is 1. The van der Waals surface area contributed by atoms with Crippen LogP contribution < -0.4 is 0 Å². The van der Waals surface area contributed by atoms with Crippen molar-refractivity contribution in [2.24, 2.45) is 0 Å². The summed E-state index contributed by atoms with van der Waals surface area (Å²) < 4.78 is 4.59. The molecule has 22 heavy (non-hydrogen) atoms. The Bertz CT molecular complexity index is 346. The molecule has 5 heteroatoms. The van der Waals surface area contributed by atoms with Gasteiger partial charge in [0, 0.05) is 40.2 Å². The van der Waals surface area contributed by atoms with E-state index in [2.05, 4.69) is 28.4 Å². The van der Waals surface area contributed by atoms with Crippen molar-refractivity contribution in [2.75, 3.05) is 33.9 Å². The predicted molar refractivity (Wildman–Crippen MR) is 88.1 cm³/mol. The number of hydrogen-bond acceptors (Lipinski definition) is 4. The lowest BCUT2D eigenvalue weighted by molar-refractivity contribution is 0.124. The number of ether oxygens (including phenoxy) is 1. The van der Waals surface area contributed by atoms with Gasteiger partial charge in [0.05, 0.1) is 6.61 Å². The third-order valence-electron chi connectivity index (χ3n) is 2.29. The molecule has 0 aliphatic carbocycles. The maximum absolute atomic E-state index is 10.4. The molecule has 0 heterocycles. The minimum Gasteiger partial charge on any atom is -0.450 e. The first-order valence-corrected chi connectivity index (χ1v) is 7.61. The molecule has 5 nitrogen and oxygen atoms in total. The van der Waals surface area contributed by atoms with E-state index in [1.807, 2.05) is 0 Å². The van der Waals surface area contributed by atoms with Gasteiger partial charge < -0.3 is 19.8 Å². The van der Waals surface area contributed by atoms with Crippen LogP contribution in [0.3, 0.4) is 0 Å². The number of hydrogen-bond donors (Lipinski definition) is 2. The van der Waals surface area contributed by atoms with Crippen LogP contribution in [0.5, 0.6) is 0 Å². The summed E-state index contributed by atoms with van der Waals surface area (Å²) in [5, 5.41) is 17.0. The van der Waals surface area contributed by atoms with E-state index in [0.29, 0.717) is 6.61 Å². The number of amides is 1. The SMILES string of the molecule is CCOC(=O)N(C)C.OCCCCC#CC#CCCCCO. The van der Waals surface area contributed by atoms with Crippen LogP contribution in [0.4, 0.5) is 4.79 Å². The number of unbranched alkanes of at least 4 members (excludes halogenated alkanes) is 4. The normalized spacial score (nSPS) is 8.41. The third kappa shape index (κ3) is 20.6. The Kier molecular flexibility index (Phi) is 19.8. The zero-order valence-corrected chi connectivity index (χ0v) is 14.0. The summed E-state index contributed by atoms with van der Waals surface area (Å²) in [4.78, 5) is 11.8. The molecule has 0 aromatic rings. The highest BCUT2D eigenvalue weighted by atomic mass is 16.5. The fraction of sp³-hybridized carbons (Fsp3) is 0.706. The van der Waals surface area contributed by atoms with Crippen molar-refractivity contribution >= 4 is 6.09 Å². The summed E-state index contributed by atoms with van der Waals surface area (Å²) in [6.45, 7) is 2.71. The van der Waals surface area contributed by atoms with Gasteiger partial charge in [-0.2, -0.15) is 0 Å². The topological polar surface area (TPSA) is 70.0 Å². The zero-order chi connectivity index (χ0) is 17.1. The molecule has 0 spiro atoms. The van der Waals surface area contributed by atoms with Gasteiger partial charge in [0.1, 0.15) is 0 Å². The minimum absolute atomic E-state index is 0.245. The molecule has 0 fully saturated rings. The summed E-state index contributed by atoms with van der Waals surface area (Å²) >= 11 is 0. The number of rotatable bonds is 7. The summed E-state index contributed by atoms with van der Waals surface area (Å²) in [7, 11) is 3.30. The Morgan fingerprint density at radius 2 is 1.41 bits per heavy atom. The molecule has 126 valence electrons. The van der Waals surface area contributed by atoms with Crippen molar-refractivity contribution in [3.8, 4) is 23.7 Å². The lowest BCUT2D eigenvalue weighted by atomic mass is 10.2. The van der Waals surface area contributed by atoms with Crippen molar-refractivity contribution in [3.05, 3.63) is 0 Å². The van der Waals surface area contributed by atoms with Crippen LogP contribution >= 0.6 is 0 Å². The van der Waals surface area contributed by atoms with Crippen LogP contribution in [0.1, 0.15) is 45.4 Å². The van der Waals surface area contributed by atoms with E-state index in [-0.39, 0.29) is 19.3 Å². The third-order valence-corrected chi connectivity index (χ3v) is 2.29. The highest BCUT2D eigenvalue weighted by molar-refractivity contribution is 5.66. The van der Waals surface area contributed by atoms with Gasteiger partial charge in [0.2, 0.25) is 0 Å². The van der Waals surface area contributed by atoms with E-state index in [0.717, 1.165) is 38.5 Å². The highest BCUT2D eigenvalue weighted by Gasteiger charge is 1.99. The first kappa shape index (κ1) is 22.6. The second-order valence-corrected chi connectivity index (χ2v) is 4.56. The van der Waals surface area contributed by atoms with Crippen LogP contribution in [0, 0.1) is 23.7 Å². The number of carbonyl (C=O) groups is 1. The molecule has 0 unspecified atom stereocenters. The maximum atomic E-state index is 10.4. The second-order valence-electron chi connectivity index (χ2n) is 4.56. The number of aliphatic hydroxyl groups excluding tert-OH is 2. The first-order valence-electron chi connectivity index (χ1n) is 7.61. The standard InChI is InChI=1S/C12H18O2.C5H11NO2/c13-11-9-7-5-3-1-2-4-6-8-10-12-14;1-4-8-5(7)6(2)3/h13-14H,5-12H2;4H2,1-3H3. The van der Waals surface area contributed by atoms with E-state index < -0.39 is 0 Å². The molecule has 0 aliphatic heterocycles. The Labute approximate surface area is 134 Å². The Morgan fingerprint density at radius 3 is 1.68 bits per heavy atom. The molecule has 2 N–H and O–H groups in total. The molecule has 0 rings (SSSR count). The molecule has 0 saturated heterocycles. The van der Waals surface area contributed by atoms with E-state index >= 15 is 0 Å². The summed E-state index contributed by atoms with van der Waals surface area (Å²) in [5.41, 5.74) is 0. The highest BCUT2D eigenvalue weighted by Crippen LogP contribution is 1.92. The van der Waals surface area contributed by atoms with Gasteiger partial charge in [-0.25, -0.2) is 4.79 Å². The van der Waals surface area contributed by atoms with Gasteiger partial charge in [-0.3, -0.25) is 0 Å². The summed E-state index contributed by atoms with van der Waals surface area (Å²) in [6.07, 6.45) is 4.85. The van der Waals surface area contributed by atoms with Gasteiger partial charge in [0.15, 0.2) is 0 Å². The van der Waals surface area contributed by atoms with Crippen LogP contribution in [-0.2, 0) is 4.74 Å². The van der Waals surface area contributed by atoms with Crippen molar-refractivity contribution < 1.29 is 19.7 Å². The predicted octanol–water partition coefficient (Wildman–Crippen LogP) is 2.02. The lowest BCUT2D eigenvalue weighted by Crippen LogP contribution is -2.22. The molecule has 0 aliphatic rings. The lowest BCUT2D eigenvalue weighted by Gasteiger charge is -2.07. The molecule has 0 bridgehead atoms. The summed E-state index contributed by atoms with van der Waals surface area (Å²) in [5.74, 6) is 11.4. The van der Waals surface area contributed by atoms with Crippen LogP contribution in [0.15, 0.2) is 0 Å². The molecule has 1 amide bonds. The zero-order valence-electron chi connectivity index (χ0n) is 14.0. The monoisotopic (exact) mass is 311 g/mol. The van der Waals surface area contributed by atoms with Gasteiger partial charge in [0.25, 0.3) is 0 Å². The van der Waals surface area contributed by atoms with E-state index in [1.54, 1.807) is 21.0 Å². The van der Waals surface area contributed by atoms with Gasteiger partial charge in [-0.05, 0) is 44.4 Å². The molecule has 0 radical (unpaired) electrons. The average molecular weight is 311 g/mol. The van der Waals surface area contributed by atoms with E-state index in [9.17, 15) is 4.79 Å². The number of nitrogens with zero attached hydrogens (tertiary/aromatic N) is 1. The summed E-state index contributed by atoms with van der Waals surface area (Å²) in [6, 6.07) is 0. The number of aliphatic hydroxyl groups is 2. The van der Waals surface area contributed by atoms with Crippen molar-refractivity contribution in [2.45, 2.75) is 45.4 Å². The smallest absolute Gasteiger partial charge is 0.409 e. The largest absolute Gasteiger partial charge is 0.450 e. The van der Waals surface area contributed by atoms with Gasteiger partial charge >= 0.3 is 6.09 Å². The van der Waals surface area contributed by atoms with E-state index in [1.165, 1.54) is 4.90 Å². The Hall–Kier alpha value is -1.69. The van der Waals surface area contributed by atoms with Crippen LogP contribution in [0.2, 0.25) is 0 Å². The molecule has 0 atom stereocenters. The van der Waals surface area contributed by atoms with Gasteiger partial charge in [-0.1, -0.05) is 11.8 Å². The molecular weight excluding hydrogens is 282 g/mol. The van der Waals surface area contributed by atoms with E-state index in [4.69, 9.17) is 10.2 Å². The van der Waals surface area contributed by atoms with Crippen molar-refractivity contribution in [1.29, 1.82) is 0 Å². The Balaban J connectivity index is 0. The second kappa shape index (κ2) is 19.3. The fourth-order valence-corrected chi connectivity index (χ4v) is 1.12. The van der Waals surface area contributed by atoms with Crippen molar-refractivity contribution in [3.63, 3.8) is 0 Å². The quantitative estimate of drug-likeness (QED) is 0.557. The van der Waals surface area contributed by atoms with Gasteiger partial charge in [-0.15, -0.1) is 0 Å². The molecule has 0 aromatic heterocycles.